The highest BCUT2D eigenvalue weighted by Gasteiger charge is 2.35. The number of amides is 1. The summed E-state index contributed by atoms with van der Waals surface area (Å²) in [6.45, 7) is 0. The second-order valence-electron chi connectivity index (χ2n) is 4.33. The molecule has 110 valence electrons. The average molecular weight is 287 g/mol. The van der Waals surface area contributed by atoms with Gasteiger partial charge in [-0.3, -0.25) is 4.79 Å². The molecule has 0 aliphatic heterocycles. The fraction of sp³-hybridized carbons (Fsp3) is 0.250. The third-order valence-corrected chi connectivity index (χ3v) is 3.17. The lowest BCUT2D eigenvalue weighted by atomic mass is 10.1. The van der Waals surface area contributed by atoms with Gasteiger partial charge in [-0.05, 0) is 24.3 Å². The van der Waals surface area contributed by atoms with E-state index in [1.807, 2.05) is 6.07 Å². The molecule has 2 rings (SSSR count). The first-order chi connectivity index (χ1) is 10.1. The van der Waals surface area contributed by atoms with Gasteiger partial charge in [0.25, 0.3) is 5.91 Å². The molecule has 0 fully saturated rings. The van der Waals surface area contributed by atoms with Gasteiger partial charge in [-0.1, -0.05) is 18.2 Å². The molecule has 0 aromatic heterocycles. The summed E-state index contributed by atoms with van der Waals surface area (Å²) in [7, 11) is 4.53. The van der Waals surface area contributed by atoms with Crippen LogP contribution in [-0.4, -0.2) is 38.7 Å². The summed E-state index contributed by atoms with van der Waals surface area (Å²) >= 11 is 0. The lowest BCUT2D eigenvalue weighted by Crippen LogP contribution is -2.37. The third kappa shape index (κ3) is 3.09. The van der Waals surface area contributed by atoms with E-state index in [0.717, 1.165) is 0 Å². The molecule has 21 heavy (non-hydrogen) atoms. The van der Waals surface area contributed by atoms with Gasteiger partial charge in [-0.15, -0.1) is 0 Å². The van der Waals surface area contributed by atoms with Crippen LogP contribution < -0.4 is 0 Å². The number of carbonyl (C=O) groups is 1. The van der Waals surface area contributed by atoms with E-state index in [1.54, 1.807) is 42.5 Å². The topological polar surface area (TPSA) is 57.1 Å². The van der Waals surface area contributed by atoms with Crippen molar-refractivity contribution in [3.63, 3.8) is 0 Å². The van der Waals surface area contributed by atoms with Crippen molar-refractivity contribution in [2.24, 2.45) is 4.99 Å². The van der Waals surface area contributed by atoms with Crippen molar-refractivity contribution in [2.75, 3.05) is 21.3 Å². The van der Waals surface area contributed by atoms with Gasteiger partial charge >= 0.3 is 0 Å². The minimum absolute atomic E-state index is 0.315. The SMILES string of the molecule is COC1=CC(=NC(=O)c2ccccc2)C=CC1(OC)OC. The first-order valence-electron chi connectivity index (χ1n) is 6.39. The van der Waals surface area contributed by atoms with Crippen LogP contribution in [0, 0.1) is 0 Å². The number of carbonyl (C=O) groups excluding carboxylic acids is 1. The number of nitrogens with zero attached hydrogens (tertiary/aromatic N) is 1. The maximum Gasteiger partial charge on any atom is 0.277 e. The van der Waals surface area contributed by atoms with Gasteiger partial charge in [0, 0.05) is 25.9 Å². The Morgan fingerprint density at radius 1 is 1.10 bits per heavy atom. The Bertz CT molecular complexity index is 598. The molecule has 0 saturated carbocycles. The third-order valence-electron chi connectivity index (χ3n) is 3.17. The van der Waals surface area contributed by atoms with Crippen LogP contribution in [0.15, 0.2) is 59.3 Å². The molecule has 0 unspecified atom stereocenters. The molecule has 0 N–H and O–H groups in total. The van der Waals surface area contributed by atoms with Crippen LogP contribution >= 0.6 is 0 Å². The van der Waals surface area contributed by atoms with Crippen LogP contribution in [-0.2, 0) is 14.2 Å². The van der Waals surface area contributed by atoms with E-state index in [9.17, 15) is 4.79 Å². The van der Waals surface area contributed by atoms with Gasteiger partial charge in [-0.25, -0.2) is 4.99 Å². The number of rotatable bonds is 4. The highest BCUT2D eigenvalue weighted by atomic mass is 16.7. The summed E-state index contributed by atoms with van der Waals surface area (Å²) in [5, 5.41) is 0. The highest BCUT2D eigenvalue weighted by Crippen LogP contribution is 2.27. The number of benzene rings is 1. The predicted molar refractivity (Wildman–Crippen MR) is 79.2 cm³/mol. The fourth-order valence-corrected chi connectivity index (χ4v) is 2.01. The molecular weight excluding hydrogens is 270 g/mol. The van der Waals surface area contributed by atoms with Gasteiger partial charge in [0.1, 0.15) is 0 Å². The summed E-state index contributed by atoms with van der Waals surface area (Å²) in [4.78, 5) is 16.1. The number of methoxy groups -OCH3 is 3. The van der Waals surface area contributed by atoms with Crippen molar-refractivity contribution >= 4 is 11.6 Å². The number of aliphatic imine (C=N–C) groups is 1. The van der Waals surface area contributed by atoms with Crippen molar-refractivity contribution in [3.05, 3.63) is 59.9 Å². The van der Waals surface area contributed by atoms with Crippen molar-refractivity contribution in [3.8, 4) is 0 Å². The average Bonchev–Trinajstić information content (AvgIpc) is 2.55. The first-order valence-corrected chi connectivity index (χ1v) is 6.39. The van der Waals surface area contributed by atoms with Gasteiger partial charge < -0.3 is 14.2 Å². The summed E-state index contributed by atoms with van der Waals surface area (Å²) in [6, 6.07) is 8.87. The first kappa shape index (κ1) is 15.2. The quantitative estimate of drug-likeness (QED) is 0.798. The van der Waals surface area contributed by atoms with Crippen LogP contribution in [0.1, 0.15) is 10.4 Å². The van der Waals surface area contributed by atoms with E-state index in [2.05, 4.69) is 4.99 Å². The van der Waals surface area contributed by atoms with Crippen LogP contribution in [0.4, 0.5) is 0 Å². The minimum atomic E-state index is -1.08. The number of ether oxygens (including phenoxy) is 3. The van der Waals surface area contributed by atoms with E-state index < -0.39 is 5.79 Å². The molecule has 5 heteroatoms. The van der Waals surface area contributed by atoms with Crippen LogP contribution in [0.3, 0.4) is 0 Å². The Kier molecular flexibility index (Phi) is 4.67. The minimum Gasteiger partial charge on any atom is -0.495 e. The summed E-state index contributed by atoms with van der Waals surface area (Å²) < 4.78 is 15.9. The summed E-state index contributed by atoms with van der Waals surface area (Å²) in [6.07, 6.45) is 4.94. The predicted octanol–water partition coefficient (Wildman–Crippen LogP) is 2.36. The van der Waals surface area contributed by atoms with Gasteiger partial charge in [-0.2, -0.15) is 0 Å². The monoisotopic (exact) mass is 287 g/mol. The molecule has 1 aromatic carbocycles. The lowest BCUT2D eigenvalue weighted by molar-refractivity contribution is -0.165. The zero-order valence-corrected chi connectivity index (χ0v) is 12.2. The highest BCUT2D eigenvalue weighted by molar-refractivity contribution is 6.13. The largest absolute Gasteiger partial charge is 0.495 e. The Morgan fingerprint density at radius 2 is 1.76 bits per heavy atom. The normalized spacial score (nSPS) is 18.4. The van der Waals surface area contributed by atoms with E-state index in [4.69, 9.17) is 14.2 Å². The van der Waals surface area contributed by atoms with Crippen molar-refractivity contribution in [1.82, 2.24) is 0 Å². The second kappa shape index (κ2) is 6.47. The van der Waals surface area contributed by atoms with Crippen molar-refractivity contribution in [1.29, 1.82) is 0 Å². The maximum absolute atomic E-state index is 12.1. The zero-order chi connectivity index (χ0) is 15.3. The molecule has 0 bridgehead atoms. The number of allylic oxidation sites excluding steroid dienone is 2. The van der Waals surface area contributed by atoms with Gasteiger partial charge in [0.05, 0.1) is 12.8 Å². The van der Waals surface area contributed by atoms with Crippen LogP contribution in [0.25, 0.3) is 0 Å². The summed E-state index contributed by atoms with van der Waals surface area (Å²) in [5.41, 5.74) is 1.01. The second-order valence-corrected chi connectivity index (χ2v) is 4.33. The van der Waals surface area contributed by atoms with Crippen LogP contribution in [0.2, 0.25) is 0 Å². The molecule has 1 amide bonds. The van der Waals surface area contributed by atoms with E-state index >= 15 is 0 Å². The van der Waals surface area contributed by atoms with E-state index in [-0.39, 0.29) is 5.91 Å². The number of hydrogen-bond donors (Lipinski definition) is 0. The molecule has 0 spiro atoms. The molecule has 0 radical (unpaired) electrons. The molecule has 1 aromatic rings. The van der Waals surface area contributed by atoms with Gasteiger partial charge in [0.15, 0.2) is 5.76 Å². The molecule has 1 aliphatic carbocycles. The number of hydrogen-bond acceptors (Lipinski definition) is 4. The van der Waals surface area contributed by atoms with E-state index in [1.165, 1.54) is 21.3 Å². The Balaban J connectivity index is 2.29. The van der Waals surface area contributed by atoms with Crippen molar-refractivity contribution < 1.29 is 19.0 Å². The Labute approximate surface area is 123 Å². The van der Waals surface area contributed by atoms with Gasteiger partial charge in [0.2, 0.25) is 5.79 Å². The Hall–Kier alpha value is -2.24. The molecule has 0 heterocycles. The fourth-order valence-electron chi connectivity index (χ4n) is 2.01. The van der Waals surface area contributed by atoms with E-state index in [0.29, 0.717) is 17.0 Å². The summed E-state index contributed by atoms with van der Waals surface area (Å²) in [5.74, 6) is -0.970. The zero-order valence-electron chi connectivity index (χ0n) is 12.2. The molecule has 5 nitrogen and oxygen atoms in total. The smallest absolute Gasteiger partial charge is 0.277 e. The van der Waals surface area contributed by atoms with Crippen molar-refractivity contribution in [2.45, 2.75) is 5.79 Å². The van der Waals surface area contributed by atoms with Crippen LogP contribution in [0.5, 0.6) is 0 Å². The maximum atomic E-state index is 12.1. The Morgan fingerprint density at radius 3 is 2.33 bits per heavy atom. The lowest BCUT2D eigenvalue weighted by Gasteiger charge is -2.30. The molecule has 0 saturated heterocycles. The standard InChI is InChI=1S/C16H17NO4/c1-19-14-11-13(9-10-16(14,20-2)21-3)17-15(18)12-7-5-4-6-8-12/h4-11H,1-3H3. The molecular formula is C16H17NO4. The molecule has 1 aliphatic rings. The molecule has 0 atom stereocenters.